The van der Waals surface area contributed by atoms with Gasteiger partial charge in [-0.15, -0.1) is 0 Å². The van der Waals surface area contributed by atoms with Crippen LogP contribution in [0.25, 0.3) is 0 Å². The minimum absolute atomic E-state index is 0.0337. The Morgan fingerprint density at radius 1 is 0.756 bits per heavy atom. The molecule has 0 aliphatic rings. The number of carbonyl (C=O) groups is 2. The molecule has 236 valence electrons. The number of rotatable bonds is 14. The predicted molar refractivity (Wildman–Crippen MR) is 175 cm³/mol. The average Bonchev–Trinajstić information content (AvgIpc) is 3.05. The molecule has 0 aliphatic heterocycles. The SMILES string of the molecule is COc1ccc(N(CC(=O)N(Cc2cccc(OC)c2)C(Cc2ccccc2)C(=O)NC(C)C)S(=O)(=O)c2ccccc2)cc1. The highest BCUT2D eigenvalue weighted by Gasteiger charge is 2.34. The molecule has 0 bridgehead atoms. The Morgan fingerprint density at radius 2 is 1.36 bits per heavy atom. The number of methoxy groups -OCH3 is 2. The van der Waals surface area contributed by atoms with Crippen LogP contribution in [0.2, 0.25) is 0 Å². The summed E-state index contributed by atoms with van der Waals surface area (Å²) in [5.74, 6) is 0.243. The quantitative estimate of drug-likeness (QED) is 0.209. The molecule has 4 aromatic carbocycles. The molecular formula is C35H39N3O6S. The van der Waals surface area contributed by atoms with E-state index in [0.29, 0.717) is 11.5 Å². The van der Waals surface area contributed by atoms with E-state index < -0.39 is 28.5 Å². The second-order valence-electron chi connectivity index (χ2n) is 10.8. The fourth-order valence-electron chi connectivity index (χ4n) is 4.90. The van der Waals surface area contributed by atoms with E-state index in [2.05, 4.69) is 5.32 Å². The second kappa shape index (κ2) is 15.3. The third kappa shape index (κ3) is 8.63. The van der Waals surface area contributed by atoms with Crippen molar-refractivity contribution in [2.45, 2.75) is 43.8 Å². The lowest BCUT2D eigenvalue weighted by atomic mass is 10.0. The Hall–Kier alpha value is -4.83. The number of hydrogen-bond donors (Lipinski definition) is 1. The van der Waals surface area contributed by atoms with Gasteiger partial charge in [-0.2, -0.15) is 0 Å². The minimum Gasteiger partial charge on any atom is -0.497 e. The number of ether oxygens (including phenoxy) is 2. The standard InChI is InChI=1S/C35H39N3O6S/c1-26(2)36-35(40)33(23-27-12-7-5-8-13-27)37(24-28-14-11-15-31(22-28)44-4)34(39)25-38(29-18-20-30(43-3)21-19-29)45(41,42)32-16-9-6-10-17-32/h5-22,26,33H,23-25H2,1-4H3,(H,36,40). The summed E-state index contributed by atoms with van der Waals surface area (Å²) >= 11 is 0. The maximum Gasteiger partial charge on any atom is 0.264 e. The van der Waals surface area contributed by atoms with E-state index in [0.717, 1.165) is 15.4 Å². The summed E-state index contributed by atoms with van der Waals surface area (Å²) in [6.07, 6.45) is 0.225. The number of nitrogens with zero attached hydrogens (tertiary/aromatic N) is 2. The summed E-state index contributed by atoms with van der Waals surface area (Å²) in [5, 5.41) is 2.96. The van der Waals surface area contributed by atoms with Crippen LogP contribution in [0.15, 0.2) is 114 Å². The molecule has 0 aromatic heterocycles. The van der Waals surface area contributed by atoms with Crippen LogP contribution in [-0.2, 0) is 32.6 Å². The Morgan fingerprint density at radius 3 is 1.96 bits per heavy atom. The van der Waals surface area contributed by atoms with Crippen molar-refractivity contribution in [1.29, 1.82) is 0 Å². The highest BCUT2D eigenvalue weighted by molar-refractivity contribution is 7.92. The molecule has 10 heteroatoms. The number of sulfonamides is 1. The predicted octanol–water partition coefficient (Wildman–Crippen LogP) is 5.06. The largest absolute Gasteiger partial charge is 0.497 e. The normalized spacial score (nSPS) is 11.8. The zero-order chi connectivity index (χ0) is 32.4. The molecule has 4 rings (SSSR count). The van der Waals surface area contributed by atoms with E-state index in [1.807, 2.05) is 50.2 Å². The average molecular weight is 630 g/mol. The first-order valence-electron chi connectivity index (χ1n) is 14.6. The topological polar surface area (TPSA) is 105 Å². The third-order valence-electron chi connectivity index (χ3n) is 7.16. The molecule has 1 unspecified atom stereocenters. The molecule has 0 saturated heterocycles. The van der Waals surface area contributed by atoms with Crippen molar-refractivity contribution in [2.24, 2.45) is 0 Å². The minimum atomic E-state index is -4.19. The van der Waals surface area contributed by atoms with E-state index in [9.17, 15) is 18.0 Å². The first-order valence-corrected chi connectivity index (χ1v) is 16.0. The van der Waals surface area contributed by atoms with Gasteiger partial charge in [0.05, 0.1) is 24.8 Å². The van der Waals surface area contributed by atoms with Crippen molar-refractivity contribution < 1.29 is 27.5 Å². The molecule has 1 N–H and O–H groups in total. The lowest BCUT2D eigenvalue weighted by Crippen LogP contribution is -2.54. The summed E-state index contributed by atoms with van der Waals surface area (Å²) in [6.45, 7) is 3.20. The zero-order valence-corrected chi connectivity index (χ0v) is 26.7. The van der Waals surface area contributed by atoms with Gasteiger partial charge in [0, 0.05) is 19.0 Å². The number of amides is 2. The van der Waals surface area contributed by atoms with Gasteiger partial charge in [0.2, 0.25) is 11.8 Å². The van der Waals surface area contributed by atoms with Crippen LogP contribution in [0, 0.1) is 0 Å². The number of carbonyl (C=O) groups excluding carboxylic acids is 2. The van der Waals surface area contributed by atoms with Gasteiger partial charge >= 0.3 is 0 Å². The number of hydrogen-bond acceptors (Lipinski definition) is 6. The first kappa shape index (κ1) is 33.1. The molecule has 1 atom stereocenters. The summed E-state index contributed by atoms with van der Waals surface area (Å²) < 4.78 is 39.9. The molecule has 9 nitrogen and oxygen atoms in total. The van der Waals surface area contributed by atoms with Crippen LogP contribution >= 0.6 is 0 Å². The van der Waals surface area contributed by atoms with Crippen molar-refractivity contribution in [2.75, 3.05) is 25.1 Å². The van der Waals surface area contributed by atoms with Crippen molar-refractivity contribution >= 4 is 27.5 Å². The fourth-order valence-corrected chi connectivity index (χ4v) is 6.33. The number of anilines is 1. The maximum absolute atomic E-state index is 14.5. The Kier molecular flexibility index (Phi) is 11.2. The molecule has 0 fully saturated rings. The monoisotopic (exact) mass is 629 g/mol. The lowest BCUT2D eigenvalue weighted by Gasteiger charge is -2.34. The summed E-state index contributed by atoms with van der Waals surface area (Å²) in [6, 6.07) is 29.9. The van der Waals surface area contributed by atoms with Gasteiger partial charge in [-0.3, -0.25) is 13.9 Å². The number of nitrogens with one attached hydrogen (secondary N) is 1. The second-order valence-corrected chi connectivity index (χ2v) is 12.6. The van der Waals surface area contributed by atoms with Crippen molar-refractivity contribution in [3.63, 3.8) is 0 Å². The molecule has 0 saturated carbocycles. The van der Waals surface area contributed by atoms with Gasteiger partial charge in [-0.1, -0.05) is 60.7 Å². The van der Waals surface area contributed by atoms with Gasteiger partial charge in [0.1, 0.15) is 24.1 Å². The summed E-state index contributed by atoms with van der Waals surface area (Å²) in [7, 11) is -1.12. The maximum atomic E-state index is 14.5. The highest BCUT2D eigenvalue weighted by Crippen LogP contribution is 2.27. The first-order chi connectivity index (χ1) is 21.6. The van der Waals surface area contributed by atoms with Crippen LogP contribution in [-0.4, -0.2) is 58.0 Å². The van der Waals surface area contributed by atoms with E-state index in [-0.39, 0.29) is 35.5 Å². The third-order valence-corrected chi connectivity index (χ3v) is 8.95. The Bertz CT molecular complexity index is 1660. The molecule has 0 radical (unpaired) electrons. The summed E-state index contributed by atoms with van der Waals surface area (Å²) in [5.41, 5.74) is 1.86. The van der Waals surface area contributed by atoms with Crippen molar-refractivity contribution in [1.82, 2.24) is 10.2 Å². The molecule has 4 aromatic rings. The van der Waals surface area contributed by atoms with Crippen LogP contribution in [0.1, 0.15) is 25.0 Å². The van der Waals surface area contributed by atoms with Gasteiger partial charge in [-0.05, 0) is 73.5 Å². The van der Waals surface area contributed by atoms with Gasteiger partial charge in [-0.25, -0.2) is 8.42 Å². The molecule has 0 spiro atoms. The summed E-state index contributed by atoms with van der Waals surface area (Å²) in [4.78, 5) is 29.8. The van der Waals surface area contributed by atoms with E-state index in [1.165, 1.54) is 24.1 Å². The van der Waals surface area contributed by atoms with Crippen molar-refractivity contribution in [3.05, 3.63) is 120 Å². The Balaban J connectivity index is 1.81. The Labute approximate surface area is 265 Å². The molecule has 45 heavy (non-hydrogen) atoms. The molecular weight excluding hydrogens is 590 g/mol. The van der Waals surface area contributed by atoms with Gasteiger partial charge in [0.15, 0.2) is 0 Å². The van der Waals surface area contributed by atoms with E-state index in [4.69, 9.17) is 9.47 Å². The van der Waals surface area contributed by atoms with Gasteiger partial charge < -0.3 is 19.7 Å². The van der Waals surface area contributed by atoms with Gasteiger partial charge in [0.25, 0.3) is 10.0 Å². The van der Waals surface area contributed by atoms with Crippen LogP contribution in [0.3, 0.4) is 0 Å². The highest BCUT2D eigenvalue weighted by atomic mass is 32.2. The van der Waals surface area contributed by atoms with Crippen LogP contribution < -0.4 is 19.1 Å². The smallest absolute Gasteiger partial charge is 0.264 e. The zero-order valence-electron chi connectivity index (χ0n) is 25.9. The van der Waals surface area contributed by atoms with Crippen molar-refractivity contribution in [3.8, 4) is 11.5 Å². The van der Waals surface area contributed by atoms with E-state index in [1.54, 1.807) is 67.8 Å². The fraction of sp³-hybridized carbons (Fsp3) is 0.257. The molecule has 0 heterocycles. The van der Waals surface area contributed by atoms with Crippen LogP contribution in [0.4, 0.5) is 5.69 Å². The molecule has 2 amide bonds. The lowest BCUT2D eigenvalue weighted by molar-refractivity contribution is -0.140. The number of benzene rings is 4. The van der Waals surface area contributed by atoms with Crippen LogP contribution in [0.5, 0.6) is 11.5 Å². The van der Waals surface area contributed by atoms with E-state index >= 15 is 0 Å². The molecule has 0 aliphatic carbocycles.